The fourth-order valence-electron chi connectivity index (χ4n) is 4.32. The lowest BCUT2D eigenvalue weighted by molar-refractivity contribution is -0.143. The Bertz CT molecular complexity index is 1600. The van der Waals surface area contributed by atoms with Gasteiger partial charge in [0.15, 0.2) is 0 Å². The number of alkyl halides is 6. The summed E-state index contributed by atoms with van der Waals surface area (Å²) in [5.74, 6) is -1.23. The highest BCUT2D eigenvalue weighted by atomic mass is 32.2. The smallest absolute Gasteiger partial charge is 0.416 e. The second-order valence-corrected chi connectivity index (χ2v) is 12.0. The Balaban J connectivity index is 1.68. The van der Waals surface area contributed by atoms with Crippen LogP contribution >= 0.6 is 24.0 Å². The van der Waals surface area contributed by atoms with Crippen molar-refractivity contribution in [1.29, 1.82) is 0 Å². The summed E-state index contributed by atoms with van der Waals surface area (Å²) in [6.45, 7) is 0.932. The Morgan fingerprint density at radius 2 is 1.58 bits per heavy atom. The number of carboxylic acids is 1. The maximum atomic E-state index is 13.5. The maximum absolute atomic E-state index is 13.5. The molecule has 0 aliphatic carbocycles. The summed E-state index contributed by atoms with van der Waals surface area (Å²) >= 11 is 6.41. The summed E-state index contributed by atoms with van der Waals surface area (Å²) in [6.07, 6.45) is -8.19. The second-order valence-electron chi connectivity index (χ2n) is 10.3. The van der Waals surface area contributed by atoms with Crippen molar-refractivity contribution in [2.75, 3.05) is 33.8 Å². The minimum absolute atomic E-state index is 0.0538. The van der Waals surface area contributed by atoms with Crippen LogP contribution in [0.4, 0.5) is 26.3 Å². The molecule has 3 aromatic rings. The summed E-state index contributed by atoms with van der Waals surface area (Å²) in [4.78, 5) is 27.9. The Morgan fingerprint density at radius 3 is 2.13 bits per heavy atom. The lowest BCUT2D eigenvalue weighted by Gasteiger charge is -2.16. The van der Waals surface area contributed by atoms with Crippen molar-refractivity contribution in [3.8, 4) is 16.9 Å². The first-order valence-electron chi connectivity index (χ1n) is 13.3. The van der Waals surface area contributed by atoms with Crippen molar-refractivity contribution in [3.05, 3.63) is 93.4 Å². The first kappa shape index (κ1) is 34.0. The average Bonchev–Trinajstić information content (AvgIpc) is 3.22. The molecule has 0 unspecified atom stereocenters. The predicted octanol–water partition coefficient (Wildman–Crippen LogP) is 7.47. The van der Waals surface area contributed by atoms with E-state index in [-0.39, 0.29) is 56.4 Å². The van der Waals surface area contributed by atoms with Crippen LogP contribution in [0.3, 0.4) is 0 Å². The number of amides is 1. The summed E-state index contributed by atoms with van der Waals surface area (Å²) < 4.78 is 87.3. The number of rotatable bonds is 10. The highest BCUT2D eigenvalue weighted by Gasteiger charge is 2.37. The average molecular weight is 669 g/mol. The molecule has 0 saturated carbocycles. The van der Waals surface area contributed by atoms with E-state index in [4.69, 9.17) is 22.1 Å². The zero-order valence-corrected chi connectivity index (χ0v) is 25.5. The van der Waals surface area contributed by atoms with Crippen molar-refractivity contribution >= 4 is 46.3 Å². The molecule has 4 rings (SSSR count). The molecule has 0 spiro atoms. The van der Waals surface area contributed by atoms with Gasteiger partial charge in [-0.15, -0.1) is 0 Å². The van der Waals surface area contributed by atoms with E-state index in [2.05, 4.69) is 0 Å². The lowest BCUT2D eigenvalue weighted by atomic mass is 9.97. The van der Waals surface area contributed by atoms with E-state index < -0.39 is 35.4 Å². The molecule has 45 heavy (non-hydrogen) atoms. The van der Waals surface area contributed by atoms with Gasteiger partial charge in [0.25, 0.3) is 5.91 Å². The quantitative estimate of drug-likeness (QED) is 0.137. The van der Waals surface area contributed by atoms with Gasteiger partial charge in [0, 0.05) is 18.7 Å². The number of hydrogen-bond acceptors (Lipinski definition) is 6. The SMILES string of the molecule is CN(C)CCOc1ccc(-c2cc(C(F)(F)F)cc(C(F)(F)F)c2)cc1/C=C1\SC(=S)N(CCc2ccc(C(=O)O)cc2)C1=O. The third-order valence-electron chi connectivity index (χ3n) is 6.71. The molecule has 0 bridgehead atoms. The Kier molecular flexibility index (Phi) is 10.3. The number of ether oxygens (including phenoxy) is 1. The van der Waals surface area contributed by atoms with E-state index in [1.54, 1.807) is 12.1 Å². The third kappa shape index (κ3) is 8.65. The molecule has 3 aromatic carbocycles. The number of carboxylic acid groups (broad SMARTS) is 1. The van der Waals surface area contributed by atoms with Crippen LogP contribution in [0.5, 0.6) is 5.75 Å². The summed E-state index contributed by atoms with van der Waals surface area (Å²) in [7, 11) is 3.65. The van der Waals surface area contributed by atoms with Gasteiger partial charge in [-0.25, -0.2) is 4.79 Å². The van der Waals surface area contributed by atoms with E-state index in [1.165, 1.54) is 41.3 Å². The number of thiocarbonyl (C=S) groups is 1. The highest BCUT2D eigenvalue weighted by Crippen LogP contribution is 2.40. The van der Waals surface area contributed by atoms with E-state index in [1.807, 2.05) is 19.0 Å². The molecule has 1 N–H and O–H groups in total. The van der Waals surface area contributed by atoms with Crippen LogP contribution < -0.4 is 4.74 Å². The second kappa shape index (κ2) is 13.6. The molecule has 1 heterocycles. The van der Waals surface area contributed by atoms with Crippen molar-refractivity contribution < 1.29 is 45.8 Å². The van der Waals surface area contributed by atoms with Crippen LogP contribution in [0.25, 0.3) is 17.2 Å². The van der Waals surface area contributed by atoms with Gasteiger partial charge in [0.2, 0.25) is 0 Å². The van der Waals surface area contributed by atoms with Crippen LogP contribution in [0, 0.1) is 0 Å². The van der Waals surface area contributed by atoms with Crippen LogP contribution in [-0.2, 0) is 23.6 Å². The topological polar surface area (TPSA) is 70.1 Å². The van der Waals surface area contributed by atoms with Gasteiger partial charge in [-0.3, -0.25) is 9.69 Å². The fourth-order valence-corrected chi connectivity index (χ4v) is 5.62. The zero-order valence-electron chi connectivity index (χ0n) is 23.8. The van der Waals surface area contributed by atoms with Crippen LogP contribution in [0.2, 0.25) is 0 Å². The van der Waals surface area contributed by atoms with Gasteiger partial charge >= 0.3 is 18.3 Å². The van der Waals surface area contributed by atoms with Crippen LogP contribution in [-0.4, -0.2) is 64.9 Å². The molecule has 1 aliphatic heterocycles. The first-order chi connectivity index (χ1) is 21.0. The van der Waals surface area contributed by atoms with E-state index in [0.29, 0.717) is 25.1 Å². The van der Waals surface area contributed by atoms with Gasteiger partial charge in [0.05, 0.1) is 21.6 Å². The third-order valence-corrected chi connectivity index (χ3v) is 8.09. The fraction of sp³-hybridized carbons (Fsp3) is 0.258. The molecule has 238 valence electrons. The molecule has 14 heteroatoms. The number of benzene rings is 3. The van der Waals surface area contributed by atoms with Crippen molar-refractivity contribution in [2.24, 2.45) is 0 Å². The molecule has 6 nitrogen and oxygen atoms in total. The van der Waals surface area contributed by atoms with Gasteiger partial charge in [-0.05, 0) is 85.7 Å². The molecule has 1 fully saturated rings. The molecular formula is C31H26F6N2O4S2. The zero-order chi connectivity index (χ0) is 33.1. The number of halogens is 6. The summed E-state index contributed by atoms with van der Waals surface area (Å²) in [5, 5.41) is 9.08. The summed E-state index contributed by atoms with van der Waals surface area (Å²) in [5.41, 5.74) is -1.98. The number of hydrogen-bond donors (Lipinski definition) is 1. The van der Waals surface area contributed by atoms with Gasteiger partial charge in [-0.1, -0.05) is 42.2 Å². The number of carbonyl (C=O) groups excluding carboxylic acids is 1. The van der Waals surface area contributed by atoms with Gasteiger partial charge in [0.1, 0.15) is 16.7 Å². The number of thioether (sulfide) groups is 1. The molecule has 1 amide bonds. The largest absolute Gasteiger partial charge is 0.492 e. The number of nitrogens with zero attached hydrogens (tertiary/aromatic N) is 2. The standard InChI is InChI=1S/C31H26F6N2O4S2/c1-38(2)11-12-43-25-8-7-20(21-14-23(30(32,33)34)17-24(15-21)31(35,36)37)13-22(25)16-26-27(40)39(29(44)45-26)10-9-18-3-5-19(6-4-18)28(41)42/h3-8,13-17H,9-12H2,1-2H3,(H,41,42)/b26-16-. The normalized spacial score (nSPS) is 15.0. The predicted molar refractivity (Wildman–Crippen MR) is 163 cm³/mol. The van der Waals surface area contributed by atoms with E-state index >= 15 is 0 Å². The Labute approximate surface area is 264 Å². The minimum atomic E-state index is -5.01. The first-order valence-corrected chi connectivity index (χ1v) is 14.5. The van der Waals surface area contributed by atoms with Crippen molar-refractivity contribution in [3.63, 3.8) is 0 Å². The number of likely N-dealkylation sites (N-methyl/N-ethyl adjacent to an activating group) is 1. The molecule has 0 radical (unpaired) electrons. The van der Waals surface area contributed by atoms with E-state index in [0.717, 1.165) is 17.3 Å². The Morgan fingerprint density at radius 1 is 0.956 bits per heavy atom. The maximum Gasteiger partial charge on any atom is 0.416 e. The molecule has 0 aromatic heterocycles. The summed E-state index contributed by atoms with van der Waals surface area (Å²) in [6, 6.07) is 11.7. The monoisotopic (exact) mass is 668 g/mol. The van der Waals surface area contributed by atoms with Gasteiger partial charge in [-0.2, -0.15) is 26.3 Å². The van der Waals surface area contributed by atoms with Crippen molar-refractivity contribution in [2.45, 2.75) is 18.8 Å². The lowest BCUT2D eigenvalue weighted by Crippen LogP contribution is -2.30. The minimum Gasteiger partial charge on any atom is -0.492 e. The molecular weight excluding hydrogens is 642 g/mol. The number of carbonyl (C=O) groups is 2. The highest BCUT2D eigenvalue weighted by molar-refractivity contribution is 8.26. The van der Waals surface area contributed by atoms with Crippen LogP contribution in [0.15, 0.2) is 65.6 Å². The van der Waals surface area contributed by atoms with Crippen LogP contribution in [0.1, 0.15) is 32.6 Å². The molecule has 1 aliphatic rings. The Hall–Kier alpha value is -3.88. The van der Waals surface area contributed by atoms with Gasteiger partial charge < -0.3 is 14.7 Å². The molecule has 1 saturated heterocycles. The molecule has 0 atom stereocenters. The number of aromatic carboxylic acids is 1. The van der Waals surface area contributed by atoms with E-state index in [9.17, 15) is 35.9 Å². The van der Waals surface area contributed by atoms with Crippen molar-refractivity contribution in [1.82, 2.24) is 9.80 Å².